The Kier molecular flexibility index (Phi) is 2.71. The van der Waals surface area contributed by atoms with Gasteiger partial charge in [-0.05, 0) is 29.8 Å². The van der Waals surface area contributed by atoms with Crippen LogP contribution >= 0.6 is 23.2 Å². The summed E-state index contributed by atoms with van der Waals surface area (Å²) in [5, 5.41) is 1.22. The van der Waals surface area contributed by atoms with Crippen molar-refractivity contribution in [2.24, 2.45) is 0 Å². The highest BCUT2D eigenvalue weighted by Crippen LogP contribution is 2.22. The van der Waals surface area contributed by atoms with Crippen molar-refractivity contribution in [1.82, 2.24) is 4.98 Å². The maximum absolute atomic E-state index is 5.88. The molecule has 70 valence electrons. The van der Waals surface area contributed by atoms with Gasteiger partial charge in [0, 0.05) is 16.8 Å². The van der Waals surface area contributed by atoms with E-state index in [0.717, 1.165) is 16.1 Å². The zero-order chi connectivity index (χ0) is 9.97. The first kappa shape index (κ1) is 9.50. The fourth-order valence-electron chi connectivity index (χ4n) is 1.21. The summed E-state index contributed by atoms with van der Waals surface area (Å²) in [5.74, 6) is 0. The zero-order valence-corrected chi connectivity index (χ0v) is 8.76. The van der Waals surface area contributed by atoms with Gasteiger partial charge in [0.1, 0.15) is 5.15 Å². The van der Waals surface area contributed by atoms with Crippen molar-refractivity contribution < 1.29 is 0 Å². The molecule has 0 bridgehead atoms. The average molecular weight is 224 g/mol. The van der Waals surface area contributed by atoms with Crippen LogP contribution < -0.4 is 0 Å². The van der Waals surface area contributed by atoms with Gasteiger partial charge < -0.3 is 0 Å². The van der Waals surface area contributed by atoms with Gasteiger partial charge in [0.2, 0.25) is 0 Å². The van der Waals surface area contributed by atoms with Crippen molar-refractivity contribution in [3.63, 3.8) is 0 Å². The molecule has 0 atom stereocenters. The highest BCUT2D eigenvalue weighted by Gasteiger charge is 1.98. The summed E-state index contributed by atoms with van der Waals surface area (Å²) in [7, 11) is 0. The van der Waals surface area contributed by atoms with E-state index in [9.17, 15) is 0 Å². The molecule has 0 aliphatic rings. The number of hydrogen-bond donors (Lipinski definition) is 0. The molecule has 2 aromatic rings. The lowest BCUT2D eigenvalue weighted by atomic mass is 10.1. The van der Waals surface area contributed by atoms with Crippen LogP contribution in [-0.4, -0.2) is 4.98 Å². The second-order valence-electron chi connectivity index (χ2n) is 2.88. The summed E-state index contributed by atoms with van der Waals surface area (Å²) in [6.07, 6.45) is 1.73. The molecule has 0 N–H and O–H groups in total. The molecule has 0 unspecified atom stereocenters. The summed E-state index contributed by atoms with van der Waals surface area (Å²) < 4.78 is 0. The van der Waals surface area contributed by atoms with E-state index in [4.69, 9.17) is 23.2 Å². The highest BCUT2D eigenvalue weighted by atomic mass is 35.5. The van der Waals surface area contributed by atoms with Crippen molar-refractivity contribution in [2.45, 2.75) is 0 Å². The summed E-state index contributed by atoms with van der Waals surface area (Å²) in [4.78, 5) is 4.01. The van der Waals surface area contributed by atoms with E-state index < -0.39 is 0 Å². The molecule has 1 aromatic heterocycles. The largest absolute Gasteiger partial charge is 0.244 e. The SMILES string of the molecule is Clc1cccc(-c2ccc(Cl)nc2)c1. The van der Waals surface area contributed by atoms with Gasteiger partial charge in [-0.25, -0.2) is 4.98 Å². The third kappa shape index (κ3) is 2.06. The molecule has 0 saturated heterocycles. The normalized spacial score (nSPS) is 10.1. The van der Waals surface area contributed by atoms with Crippen LogP contribution in [0.2, 0.25) is 10.2 Å². The molecular formula is C11H7Cl2N. The molecule has 1 aromatic carbocycles. The number of rotatable bonds is 1. The summed E-state index contributed by atoms with van der Waals surface area (Å²) in [6, 6.07) is 11.3. The standard InChI is InChI=1S/C11H7Cl2N/c12-10-3-1-2-8(6-10)9-4-5-11(13)14-7-9/h1-7H. The van der Waals surface area contributed by atoms with Crippen LogP contribution in [-0.2, 0) is 0 Å². The summed E-state index contributed by atoms with van der Waals surface area (Å²) >= 11 is 11.6. The van der Waals surface area contributed by atoms with Gasteiger partial charge in [0.15, 0.2) is 0 Å². The van der Waals surface area contributed by atoms with Crippen molar-refractivity contribution in [3.05, 3.63) is 52.8 Å². The van der Waals surface area contributed by atoms with Gasteiger partial charge in [-0.2, -0.15) is 0 Å². The van der Waals surface area contributed by atoms with Crippen LogP contribution in [0.5, 0.6) is 0 Å². The predicted molar refractivity (Wildman–Crippen MR) is 59.7 cm³/mol. The topological polar surface area (TPSA) is 12.9 Å². The molecule has 2 rings (SSSR count). The molecule has 3 heteroatoms. The van der Waals surface area contributed by atoms with Crippen LogP contribution in [0, 0.1) is 0 Å². The predicted octanol–water partition coefficient (Wildman–Crippen LogP) is 4.06. The third-order valence-corrected chi connectivity index (χ3v) is 2.34. The van der Waals surface area contributed by atoms with E-state index in [1.54, 1.807) is 12.3 Å². The van der Waals surface area contributed by atoms with E-state index in [2.05, 4.69) is 4.98 Å². The first-order valence-corrected chi connectivity index (χ1v) is 4.89. The molecule has 1 nitrogen and oxygen atoms in total. The Bertz CT molecular complexity index is 437. The van der Waals surface area contributed by atoms with Gasteiger partial charge in [0.05, 0.1) is 0 Å². The first-order valence-electron chi connectivity index (χ1n) is 4.13. The monoisotopic (exact) mass is 223 g/mol. The molecule has 0 fully saturated rings. The fourth-order valence-corrected chi connectivity index (χ4v) is 1.52. The van der Waals surface area contributed by atoms with Crippen LogP contribution in [0.1, 0.15) is 0 Å². The van der Waals surface area contributed by atoms with Gasteiger partial charge in [0.25, 0.3) is 0 Å². The average Bonchev–Trinajstić information content (AvgIpc) is 2.19. The Morgan fingerprint density at radius 3 is 2.43 bits per heavy atom. The Morgan fingerprint density at radius 1 is 0.929 bits per heavy atom. The number of pyridine rings is 1. The quantitative estimate of drug-likeness (QED) is 0.665. The molecule has 0 amide bonds. The molecular weight excluding hydrogens is 217 g/mol. The molecule has 0 aliphatic heterocycles. The van der Waals surface area contributed by atoms with E-state index in [1.807, 2.05) is 30.3 Å². The number of nitrogens with zero attached hydrogens (tertiary/aromatic N) is 1. The highest BCUT2D eigenvalue weighted by molar-refractivity contribution is 6.31. The number of halogens is 2. The molecule has 1 heterocycles. The first-order chi connectivity index (χ1) is 6.75. The molecule has 0 aliphatic carbocycles. The van der Waals surface area contributed by atoms with Gasteiger partial charge in [-0.3, -0.25) is 0 Å². The minimum absolute atomic E-state index is 0.496. The molecule has 0 radical (unpaired) electrons. The fraction of sp³-hybridized carbons (Fsp3) is 0. The number of hydrogen-bond acceptors (Lipinski definition) is 1. The van der Waals surface area contributed by atoms with Gasteiger partial charge in [-0.1, -0.05) is 35.3 Å². The third-order valence-electron chi connectivity index (χ3n) is 1.89. The van der Waals surface area contributed by atoms with Crippen molar-refractivity contribution in [1.29, 1.82) is 0 Å². The number of aromatic nitrogens is 1. The maximum Gasteiger partial charge on any atom is 0.129 e. The van der Waals surface area contributed by atoms with Crippen LogP contribution in [0.15, 0.2) is 42.6 Å². The second kappa shape index (κ2) is 3.99. The lowest BCUT2D eigenvalue weighted by Gasteiger charge is -2.00. The van der Waals surface area contributed by atoms with Crippen LogP contribution in [0.4, 0.5) is 0 Å². The minimum atomic E-state index is 0.496. The Hall–Kier alpha value is -1.05. The summed E-state index contributed by atoms with van der Waals surface area (Å²) in [5.41, 5.74) is 2.05. The van der Waals surface area contributed by atoms with Crippen molar-refractivity contribution in [3.8, 4) is 11.1 Å². The van der Waals surface area contributed by atoms with Gasteiger partial charge in [-0.15, -0.1) is 0 Å². The molecule has 0 spiro atoms. The molecule has 0 saturated carbocycles. The second-order valence-corrected chi connectivity index (χ2v) is 3.70. The van der Waals surface area contributed by atoms with Crippen LogP contribution in [0.25, 0.3) is 11.1 Å². The van der Waals surface area contributed by atoms with E-state index in [-0.39, 0.29) is 0 Å². The smallest absolute Gasteiger partial charge is 0.129 e. The zero-order valence-electron chi connectivity index (χ0n) is 7.24. The Morgan fingerprint density at radius 2 is 1.79 bits per heavy atom. The Balaban J connectivity index is 2.44. The summed E-state index contributed by atoms with van der Waals surface area (Å²) in [6.45, 7) is 0. The van der Waals surface area contributed by atoms with Gasteiger partial charge >= 0.3 is 0 Å². The lowest BCUT2D eigenvalue weighted by Crippen LogP contribution is -1.79. The van der Waals surface area contributed by atoms with Crippen LogP contribution in [0.3, 0.4) is 0 Å². The van der Waals surface area contributed by atoms with Crippen molar-refractivity contribution in [2.75, 3.05) is 0 Å². The lowest BCUT2D eigenvalue weighted by molar-refractivity contribution is 1.33. The molecule has 14 heavy (non-hydrogen) atoms. The maximum atomic E-state index is 5.88. The van der Waals surface area contributed by atoms with E-state index in [0.29, 0.717) is 5.15 Å². The van der Waals surface area contributed by atoms with E-state index in [1.165, 1.54) is 0 Å². The minimum Gasteiger partial charge on any atom is -0.244 e. The Labute approximate surface area is 92.3 Å². The van der Waals surface area contributed by atoms with Crippen molar-refractivity contribution >= 4 is 23.2 Å². The van der Waals surface area contributed by atoms with E-state index >= 15 is 0 Å². The number of benzene rings is 1.